The number of thioether (sulfide) groups is 1. The second kappa shape index (κ2) is 8.52. The molecule has 1 heterocycles. The van der Waals surface area contributed by atoms with Crippen molar-refractivity contribution in [3.05, 3.63) is 53.3 Å². The Morgan fingerprint density at radius 3 is 2.55 bits per heavy atom. The van der Waals surface area contributed by atoms with Gasteiger partial charge in [-0.05, 0) is 42.5 Å². The fourth-order valence-electron chi connectivity index (χ4n) is 2.44. The van der Waals surface area contributed by atoms with E-state index in [4.69, 9.17) is 11.6 Å². The first-order valence-corrected chi connectivity index (χ1v) is 11.5. The number of carbonyl (C=O) groups is 1. The Morgan fingerprint density at radius 1 is 1.21 bits per heavy atom. The minimum Gasteiger partial charge on any atom is -0.324 e. The number of halogens is 2. The van der Waals surface area contributed by atoms with E-state index in [0.717, 1.165) is 18.0 Å². The summed E-state index contributed by atoms with van der Waals surface area (Å²) in [5, 5.41) is 11.5. The molecule has 3 aromatic rings. The highest BCUT2D eigenvalue weighted by Gasteiger charge is 2.15. The summed E-state index contributed by atoms with van der Waals surface area (Å²) in [6, 6.07) is 9.96. The average Bonchev–Trinajstić information content (AvgIpc) is 3.02. The lowest BCUT2D eigenvalue weighted by molar-refractivity contribution is -0.113. The third-order valence-electron chi connectivity index (χ3n) is 3.91. The Bertz CT molecular complexity index is 1160. The van der Waals surface area contributed by atoms with Crippen LogP contribution in [0.2, 0.25) is 5.02 Å². The van der Waals surface area contributed by atoms with Gasteiger partial charge < -0.3 is 9.88 Å². The molecule has 0 aliphatic rings. The molecule has 0 bridgehead atoms. The van der Waals surface area contributed by atoms with E-state index in [1.54, 1.807) is 23.7 Å². The Morgan fingerprint density at radius 2 is 1.90 bits per heavy atom. The third-order valence-corrected chi connectivity index (χ3v) is 6.37. The van der Waals surface area contributed by atoms with Gasteiger partial charge in [0, 0.05) is 18.9 Å². The first-order chi connectivity index (χ1) is 13.6. The van der Waals surface area contributed by atoms with Crippen LogP contribution in [0.5, 0.6) is 0 Å². The van der Waals surface area contributed by atoms with Gasteiger partial charge >= 0.3 is 0 Å². The quantitative estimate of drug-likeness (QED) is 0.573. The Kier molecular flexibility index (Phi) is 6.25. The highest BCUT2D eigenvalue weighted by atomic mass is 35.5. The van der Waals surface area contributed by atoms with Crippen LogP contribution >= 0.6 is 23.4 Å². The van der Waals surface area contributed by atoms with Crippen molar-refractivity contribution in [3.8, 4) is 11.4 Å². The molecule has 2 aromatic carbocycles. The van der Waals surface area contributed by atoms with Gasteiger partial charge in [-0.25, -0.2) is 12.8 Å². The molecule has 0 atom stereocenters. The normalized spacial score (nSPS) is 11.4. The van der Waals surface area contributed by atoms with Gasteiger partial charge in [0.2, 0.25) is 5.91 Å². The first kappa shape index (κ1) is 21.3. The molecule has 7 nitrogen and oxygen atoms in total. The molecule has 11 heteroatoms. The summed E-state index contributed by atoms with van der Waals surface area (Å²) in [5.74, 6) is -0.180. The summed E-state index contributed by atoms with van der Waals surface area (Å²) < 4.78 is 38.1. The van der Waals surface area contributed by atoms with Gasteiger partial charge in [0.1, 0.15) is 5.82 Å². The van der Waals surface area contributed by atoms with E-state index in [9.17, 15) is 17.6 Å². The fraction of sp³-hybridized carbons (Fsp3) is 0.167. The van der Waals surface area contributed by atoms with Crippen molar-refractivity contribution in [3.63, 3.8) is 0 Å². The van der Waals surface area contributed by atoms with Crippen LogP contribution < -0.4 is 5.32 Å². The maximum absolute atomic E-state index is 13.1. The number of nitrogens with zero attached hydrogens (tertiary/aromatic N) is 3. The number of nitrogens with one attached hydrogen (secondary N) is 1. The lowest BCUT2D eigenvalue weighted by Gasteiger charge is -2.09. The van der Waals surface area contributed by atoms with Crippen LogP contribution in [0.4, 0.5) is 10.1 Å². The average molecular weight is 455 g/mol. The van der Waals surface area contributed by atoms with E-state index in [1.165, 1.54) is 30.3 Å². The van der Waals surface area contributed by atoms with Crippen molar-refractivity contribution < 1.29 is 17.6 Å². The maximum Gasteiger partial charge on any atom is 0.234 e. The van der Waals surface area contributed by atoms with E-state index >= 15 is 0 Å². The zero-order valence-electron chi connectivity index (χ0n) is 15.4. The number of hydrogen-bond acceptors (Lipinski definition) is 6. The Balaban J connectivity index is 1.68. The number of carbonyl (C=O) groups excluding carboxylic acids is 1. The van der Waals surface area contributed by atoms with Crippen LogP contribution in [0, 0.1) is 5.82 Å². The lowest BCUT2D eigenvalue weighted by Crippen LogP contribution is -2.15. The van der Waals surface area contributed by atoms with Crippen molar-refractivity contribution in [2.45, 2.75) is 10.1 Å². The molecule has 0 saturated heterocycles. The van der Waals surface area contributed by atoms with Gasteiger partial charge in [-0.1, -0.05) is 23.4 Å². The minimum absolute atomic E-state index is 0.00875. The number of rotatable bonds is 6. The second-order valence-corrected chi connectivity index (χ2v) is 9.49. The highest BCUT2D eigenvalue weighted by molar-refractivity contribution is 7.99. The molecule has 0 aliphatic carbocycles. The van der Waals surface area contributed by atoms with Crippen LogP contribution in [-0.2, 0) is 21.7 Å². The second-order valence-electron chi connectivity index (χ2n) is 6.12. The molecule has 152 valence electrons. The van der Waals surface area contributed by atoms with E-state index in [-0.39, 0.29) is 33.1 Å². The summed E-state index contributed by atoms with van der Waals surface area (Å²) in [4.78, 5) is 12.3. The zero-order chi connectivity index (χ0) is 21.2. The Labute approximate surface area is 176 Å². The number of anilines is 1. The molecule has 0 aliphatic heterocycles. The van der Waals surface area contributed by atoms with Gasteiger partial charge in [-0.15, -0.1) is 10.2 Å². The molecule has 1 amide bonds. The molecule has 0 fully saturated rings. The van der Waals surface area contributed by atoms with Crippen molar-refractivity contribution in [2.75, 3.05) is 17.3 Å². The summed E-state index contributed by atoms with van der Waals surface area (Å²) in [6.45, 7) is 0. The monoisotopic (exact) mass is 454 g/mol. The molecule has 1 N–H and O–H groups in total. The zero-order valence-corrected chi connectivity index (χ0v) is 17.8. The maximum atomic E-state index is 13.1. The van der Waals surface area contributed by atoms with Crippen molar-refractivity contribution >= 4 is 44.8 Å². The van der Waals surface area contributed by atoms with Gasteiger partial charge in [0.05, 0.1) is 21.4 Å². The van der Waals surface area contributed by atoms with Crippen LogP contribution in [0.1, 0.15) is 0 Å². The first-order valence-electron chi connectivity index (χ1n) is 8.23. The molecule has 1 aromatic heterocycles. The van der Waals surface area contributed by atoms with Gasteiger partial charge in [0.25, 0.3) is 0 Å². The van der Waals surface area contributed by atoms with Crippen LogP contribution in [-0.4, -0.2) is 41.1 Å². The number of sulfone groups is 1. The number of benzene rings is 2. The summed E-state index contributed by atoms with van der Waals surface area (Å²) in [6.07, 6.45) is 1.07. The molecule has 0 radical (unpaired) electrons. The van der Waals surface area contributed by atoms with Crippen LogP contribution in [0.25, 0.3) is 11.4 Å². The van der Waals surface area contributed by atoms with Gasteiger partial charge in [-0.2, -0.15) is 0 Å². The largest absolute Gasteiger partial charge is 0.324 e. The molecular formula is C18H16ClFN4O3S2. The third kappa shape index (κ3) is 5.14. The number of aromatic nitrogens is 3. The summed E-state index contributed by atoms with van der Waals surface area (Å²) in [7, 11) is -1.68. The molecule has 0 unspecified atom stereocenters. The molecule has 3 rings (SSSR count). The standard InChI is InChI=1S/C18H16ClFN4O3S2/c1-24-17(11-3-5-12(20)6-4-11)22-23-18(24)28-10-16(25)21-15-9-13(29(2,26)27)7-8-14(15)19/h3-9H,10H2,1-2H3,(H,21,25). The molecular weight excluding hydrogens is 439 g/mol. The minimum atomic E-state index is -3.43. The van der Waals surface area contributed by atoms with Crippen LogP contribution in [0.15, 0.2) is 52.5 Å². The smallest absolute Gasteiger partial charge is 0.234 e. The van der Waals surface area contributed by atoms with Gasteiger partial charge in [-0.3, -0.25) is 4.79 Å². The topological polar surface area (TPSA) is 94.0 Å². The van der Waals surface area contributed by atoms with Crippen molar-refractivity contribution in [2.24, 2.45) is 7.05 Å². The lowest BCUT2D eigenvalue weighted by atomic mass is 10.2. The summed E-state index contributed by atoms with van der Waals surface area (Å²) in [5.41, 5.74) is 0.909. The van der Waals surface area contributed by atoms with Gasteiger partial charge in [0.15, 0.2) is 20.8 Å². The van der Waals surface area contributed by atoms with Crippen molar-refractivity contribution in [1.29, 1.82) is 0 Å². The predicted octanol–water partition coefficient (Wildman–Crippen LogP) is 3.41. The Hall–Kier alpha value is -2.43. The molecule has 0 spiro atoms. The van der Waals surface area contributed by atoms with E-state index in [2.05, 4.69) is 15.5 Å². The van der Waals surface area contributed by atoms with Crippen LogP contribution in [0.3, 0.4) is 0 Å². The predicted molar refractivity (Wildman–Crippen MR) is 110 cm³/mol. The van der Waals surface area contributed by atoms with E-state index in [1.807, 2.05) is 0 Å². The highest BCUT2D eigenvalue weighted by Crippen LogP contribution is 2.26. The molecule has 0 saturated carbocycles. The van der Waals surface area contributed by atoms with Crippen molar-refractivity contribution in [1.82, 2.24) is 14.8 Å². The van der Waals surface area contributed by atoms with E-state index < -0.39 is 9.84 Å². The number of hydrogen-bond donors (Lipinski definition) is 1. The van der Waals surface area contributed by atoms with E-state index in [0.29, 0.717) is 16.5 Å². The SMILES string of the molecule is Cn1c(SCC(=O)Nc2cc(S(C)(=O)=O)ccc2Cl)nnc1-c1ccc(F)cc1. The summed E-state index contributed by atoms with van der Waals surface area (Å²) >= 11 is 7.20. The molecule has 29 heavy (non-hydrogen) atoms. The number of amides is 1. The fourth-order valence-corrected chi connectivity index (χ4v) is 3.96.